The van der Waals surface area contributed by atoms with Gasteiger partial charge < -0.3 is 10.2 Å². The van der Waals surface area contributed by atoms with Crippen LogP contribution in [0.4, 0.5) is 27.6 Å². The Bertz CT molecular complexity index is 623. The molecule has 0 unspecified atom stereocenters. The molecule has 0 aliphatic heterocycles. The summed E-state index contributed by atoms with van der Waals surface area (Å²) in [6, 6.07) is 10.8. The van der Waals surface area contributed by atoms with Crippen LogP contribution in [0.15, 0.2) is 42.5 Å². The predicted molar refractivity (Wildman–Crippen MR) is 74.8 cm³/mol. The maximum absolute atomic E-state index is 13.7. The fourth-order valence-corrected chi connectivity index (χ4v) is 1.78. The van der Waals surface area contributed by atoms with Crippen LogP contribution in [0.5, 0.6) is 5.75 Å². The molecule has 0 aromatic heterocycles. The van der Waals surface area contributed by atoms with E-state index >= 15 is 0 Å². The Labute approximate surface area is 129 Å². The molecule has 2 rings (SSSR count). The minimum atomic E-state index is -4.67. The monoisotopic (exact) mass is 332 g/mol. The molecule has 124 valence electrons. The first-order valence-corrected chi connectivity index (χ1v) is 6.56. The first-order chi connectivity index (χ1) is 10.8. The SMILES string of the molecule is Fc1cc(CNNc2ccccc2)cc(F)c1OCC(F)(F)F. The molecule has 2 N–H and O–H groups in total. The molecular weight excluding hydrogens is 319 g/mol. The smallest absolute Gasteiger partial charge is 0.422 e. The van der Waals surface area contributed by atoms with Crippen LogP contribution in [-0.2, 0) is 6.54 Å². The molecule has 0 amide bonds. The summed E-state index contributed by atoms with van der Waals surface area (Å²) in [5.41, 5.74) is 6.52. The van der Waals surface area contributed by atoms with E-state index in [1.165, 1.54) is 0 Å². The highest BCUT2D eigenvalue weighted by molar-refractivity contribution is 5.41. The van der Waals surface area contributed by atoms with Gasteiger partial charge in [0.05, 0.1) is 0 Å². The predicted octanol–water partition coefficient (Wildman–Crippen LogP) is 4.02. The zero-order chi connectivity index (χ0) is 16.9. The Morgan fingerprint density at radius 1 is 0.957 bits per heavy atom. The van der Waals surface area contributed by atoms with Crippen molar-refractivity contribution in [2.75, 3.05) is 12.0 Å². The number of benzene rings is 2. The van der Waals surface area contributed by atoms with E-state index in [2.05, 4.69) is 15.6 Å². The molecule has 0 saturated carbocycles. The van der Waals surface area contributed by atoms with Crippen molar-refractivity contribution in [2.24, 2.45) is 0 Å². The molecule has 0 atom stereocenters. The van der Waals surface area contributed by atoms with Gasteiger partial charge in [0.15, 0.2) is 24.0 Å². The van der Waals surface area contributed by atoms with Gasteiger partial charge in [0.2, 0.25) is 0 Å². The van der Waals surface area contributed by atoms with Gasteiger partial charge in [-0.1, -0.05) is 18.2 Å². The van der Waals surface area contributed by atoms with Crippen LogP contribution in [-0.4, -0.2) is 12.8 Å². The minimum Gasteiger partial charge on any atom is -0.478 e. The molecule has 3 nitrogen and oxygen atoms in total. The van der Waals surface area contributed by atoms with Crippen molar-refractivity contribution in [3.63, 3.8) is 0 Å². The molecule has 0 bridgehead atoms. The number of alkyl halides is 3. The Hall–Kier alpha value is -2.35. The number of nitrogens with one attached hydrogen (secondary N) is 2. The van der Waals surface area contributed by atoms with Gasteiger partial charge in [-0.2, -0.15) is 13.2 Å². The minimum absolute atomic E-state index is 0.0578. The maximum Gasteiger partial charge on any atom is 0.422 e. The van der Waals surface area contributed by atoms with Gasteiger partial charge in [-0.25, -0.2) is 14.2 Å². The summed E-state index contributed by atoms with van der Waals surface area (Å²) < 4.78 is 67.5. The number of ether oxygens (including phenoxy) is 1. The summed E-state index contributed by atoms with van der Waals surface area (Å²) in [4.78, 5) is 0. The quantitative estimate of drug-likeness (QED) is 0.619. The van der Waals surface area contributed by atoms with E-state index < -0.39 is 30.2 Å². The van der Waals surface area contributed by atoms with Crippen molar-refractivity contribution in [3.05, 3.63) is 59.7 Å². The second kappa shape index (κ2) is 7.28. The van der Waals surface area contributed by atoms with Gasteiger partial charge in [-0.05, 0) is 29.8 Å². The van der Waals surface area contributed by atoms with Crippen molar-refractivity contribution in [1.29, 1.82) is 0 Å². The molecule has 0 radical (unpaired) electrons. The summed E-state index contributed by atoms with van der Waals surface area (Å²) in [7, 11) is 0. The summed E-state index contributed by atoms with van der Waals surface area (Å²) in [5.74, 6) is -3.42. The highest BCUT2D eigenvalue weighted by Gasteiger charge is 2.29. The summed E-state index contributed by atoms with van der Waals surface area (Å²) >= 11 is 0. The molecule has 0 fully saturated rings. The topological polar surface area (TPSA) is 33.3 Å². The molecule has 8 heteroatoms. The third-order valence-electron chi connectivity index (χ3n) is 2.74. The first kappa shape index (κ1) is 17.0. The molecule has 0 heterocycles. The van der Waals surface area contributed by atoms with E-state index in [1.807, 2.05) is 6.07 Å². The summed E-state index contributed by atoms with van der Waals surface area (Å²) in [6.45, 7) is -1.70. The number of hydrogen-bond acceptors (Lipinski definition) is 3. The van der Waals surface area contributed by atoms with Crippen LogP contribution in [0.1, 0.15) is 5.56 Å². The normalized spacial score (nSPS) is 11.3. The molecule has 23 heavy (non-hydrogen) atoms. The zero-order valence-electron chi connectivity index (χ0n) is 11.8. The van der Waals surface area contributed by atoms with E-state index in [-0.39, 0.29) is 12.1 Å². The highest BCUT2D eigenvalue weighted by atomic mass is 19.4. The Morgan fingerprint density at radius 2 is 1.57 bits per heavy atom. The van der Waals surface area contributed by atoms with Crippen LogP contribution in [0, 0.1) is 11.6 Å². The third-order valence-corrected chi connectivity index (χ3v) is 2.74. The molecule has 0 spiro atoms. The number of hydrazine groups is 1. The van der Waals surface area contributed by atoms with Crippen LogP contribution in [0.3, 0.4) is 0 Å². The van der Waals surface area contributed by atoms with E-state index in [1.54, 1.807) is 24.3 Å². The number of anilines is 1. The van der Waals surface area contributed by atoms with Gasteiger partial charge in [0.25, 0.3) is 0 Å². The number of rotatable bonds is 6. The maximum atomic E-state index is 13.7. The van der Waals surface area contributed by atoms with E-state index in [9.17, 15) is 22.0 Å². The Balaban J connectivity index is 1.96. The Morgan fingerprint density at radius 3 is 2.13 bits per heavy atom. The van der Waals surface area contributed by atoms with Crippen molar-refractivity contribution < 1.29 is 26.7 Å². The largest absolute Gasteiger partial charge is 0.478 e. The average molecular weight is 332 g/mol. The van der Waals surface area contributed by atoms with Gasteiger partial charge in [0, 0.05) is 12.2 Å². The lowest BCUT2D eigenvalue weighted by Gasteiger charge is -2.13. The highest BCUT2D eigenvalue weighted by Crippen LogP contribution is 2.25. The lowest BCUT2D eigenvalue weighted by Crippen LogP contribution is -2.22. The fourth-order valence-electron chi connectivity index (χ4n) is 1.78. The second-order valence-corrected chi connectivity index (χ2v) is 4.64. The lowest BCUT2D eigenvalue weighted by molar-refractivity contribution is -0.154. The third kappa shape index (κ3) is 5.41. The second-order valence-electron chi connectivity index (χ2n) is 4.64. The van der Waals surface area contributed by atoms with Crippen LogP contribution < -0.4 is 15.6 Å². The van der Waals surface area contributed by atoms with Gasteiger partial charge in [0.1, 0.15) is 0 Å². The number of para-hydroxylation sites is 1. The van der Waals surface area contributed by atoms with Crippen molar-refractivity contribution in [1.82, 2.24) is 5.43 Å². The van der Waals surface area contributed by atoms with Crippen LogP contribution >= 0.6 is 0 Å². The van der Waals surface area contributed by atoms with Crippen LogP contribution in [0.25, 0.3) is 0 Å². The average Bonchev–Trinajstić information content (AvgIpc) is 2.46. The summed E-state index contributed by atoms with van der Waals surface area (Å²) in [5, 5.41) is 0. The first-order valence-electron chi connectivity index (χ1n) is 6.56. The number of halogens is 5. The van der Waals surface area contributed by atoms with Crippen LogP contribution in [0.2, 0.25) is 0 Å². The molecule has 0 aliphatic carbocycles. The fraction of sp³-hybridized carbons (Fsp3) is 0.200. The Kier molecular flexibility index (Phi) is 5.38. The lowest BCUT2D eigenvalue weighted by atomic mass is 10.2. The van der Waals surface area contributed by atoms with E-state index in [0.29, 0.717) is 0 Å². The summed E-state index contributed by atoms with van der Waals surface area (Å²) in [6.07, 6.45) is -4.67. The van der Waals surface area contributed by atoms with Crippen molar-refractivity contribution in [2.45, 2.75) is 12.7 Å². The zero-order valence-corrected chi connectivity index (χ0v) is 11.8. The van der Waals surface area contributed by atoms with E-state index in [4.69, 9.17) is 0 Å². The van der Waals surface area contributed by atoms with Crippen molar-refractivity contribution in [3.8, 4) is 5.75 Å². The molecular formula is C15H13F5N2O. The molecule has 2 aromatic rings. The molecule has 0 aliphatic rings. The van der Waals surface area contributed by atoms with E-state index in [0.717, 1.165) is 17.8 Å². The van der Waals surface area contributed by atoms with Crippen molar-refractivity contribution >= 4 is 5.69 Å². The molecule has 2 aromatic carbocycles. The van der Waals surface area contributed by atoms with Gasteiger partial charge in [-0.3, -0.25) is 0 Å². The van der Waals surface area contributed by atoms with Gasteiger partial charge >= 0.3 is 6.18 Å². The van der Waals surface area contributed by atoms with Gasteiger partial charge in [-0.15, -0.1) is 0 Å². The molecule has 0 saturated heterocycles. The number of hydrogen-bond donors (Lipinski definition) is 2. The standard InChI is InChI=1S/C15H13F5N2O/c16-12-6-10(8-21-22-11-4-2-1-3-5-11)7-13(17)14(12)23-9-15(18,19)20/h1-7,21-22H,8-9H2.